The van der Waals surface area contributed by atoms with Crippen LogP contribution in [-0.4, -0.2) is 39.3 Å². The molecule has 1 aliphatic heterocycles. The van der Waals surface area contributed by atoms with E-state index in [0.717, 1.165) is 41.9 Å². The van der Waals surface area contributed by atoms with Crippen LogP contribution >= 0.6 is 0 Å². The van der Waals surface area contributed by atoms with Crippen LogP contribution in [0.3, 0.4) is 0 Å². The van der Waals surface area contributed by atoms with Crippen molar-refractivity contribution in [1.29, 1.82) is 0 Å². The van der Waals surface area contributed by atoms with Crippen LogP contribution in [-0.2, 0) is 19.1 Å². The number of benzene rings is 2. The molecule has 3 atom stereocenters. The number of rotatable bonds is 7. The summed E-state index contributed by atoms with van der Waals surface area (Å²) in [6.45, 7) is 0. The Kier molecular flexibility index (Phi) is 7.18. The molecule has 1 heterocycles. The van der Waals surface area contributed by atoms with Gasteiger partial charge in [0.1, 0.15) is 17.6 Å². The first kappa shape index (κ1) is 23.1. The smallest absolute Gasteiger partial charge is 0.306 e. The molecule has 2 aliphatic rings. The summed E-state index contributed by atoms with van der Waals surface area (Å²) in [4.78, 5) is 23.6. The van der Waals surface area contributed by atoms with Gasteiger partial charge in [-0.05, 0) is 42.7 Å². The minimum Gasteiger partial charge on any atom is -0.496 e. The molecule has 1 amide bonds. The average molecular weight is 454 g/mol. The highest BCUT2D eigenvalue weighted by atomic mass is 16.5. The number of anilines is 1. The molecule has 7 nitrogen and oxygen atoms in total. The van der Waals surface area contributed by atoms with E-state index < -0.39 is 5.97 Å². The number of hydrogen-bond donors (Lipinski definition) is 1. The van der Waals surface area contributed by atoms with Gasteiger partial charge in [-0.1, -0.05) is 25.0 Å². The van der Waals surface area contributed by atoms with Gasteiger partial charge in [0.05, 0.1) is 33.9 Å². The third kappa shape index (κ3) is 4.83. The predicted octanol–water partition coefficient (Wildman–Crippen LogP) is 4.74. The van der Waals surface area contributed by atoms with Crippen molar-refractivity contribution < 1.29 is 28.5 Å². The fourth-order valence-electron chi connectivity index (χ4n) is 5.00. The number of carbonyl (C=O) groups excluding carboxylic acids is 2. The Bertz CT molecular complexity index is 1020. The summed E-state index contributed by atoms with van der Waals surface area (Å²) in [5, 5.41) is 2.87. The van der Waals surface area contributed by atoms with Gasteiger partial charge in [-0.2, -0.15) is 0 Å². The zero-order valence-corrected chi connectivity index (χ0v) is 19.4. The Morgan fingerprint density at radius 3 is 2.42 bits per heavy atom. The molecular weight excluding hydrogens is 422 g/mol. The summed E-state index contributed by atoms with van der Waals surface area (Å²) in [7, 11) is 4.69. The SMILES string of the molecule is COC(=O)CCC(=O)Nc1cccc([C@@H]2O[C@@H]3CCCC[C@@H]3c3c(OC)ccc(OC)c32)c1. The molecule has 176 valence electrons. The standard InChI is InChI=1S/C26H31NO6/c1-30-20-11-12-21(31-2)25-24(20)18-9-4-5-10-19(18)33-26(25)16-7-6-8-17(15-16)27-22(28)13-14-23(29)32-3/h6-8,11-12,15,18-19,26H,4-5,9-10,13-14H2,1-3H3,(H,27,28)/t18-,19+,26-/m0/s1. The fraction of sp³-hybridized carbons (Fsp3) is 0.462. The molecule has 0 aromatic heterocycles. The topological polar surface area (TPSA) is 83.1 Å². The molecule has 1 N–H and O–H groups in total. The second-order valence-electron chi connectivity index (χ2n) is 8.49. The minimum absolute atomic E-state index is 0.0429. The van der Waals surface area contributed by atoms with Crippen molar-refractivity contribution in [2.24, 2.45) is 0 Å². The van der Waals surface area contributed by atoms with Gasteiger partial charge < -0.3 is 24.3 Å². The third-order valence-corrected chi connectivity index (χ3v) is 6.55. The van der Waals surface area contributed by atoms with Crippen molar-refractivity contribution >= 4 is 17.6 Å². The summed E-state index contributed by atoms with van der Waals surface area (Å²) in [5.41, 5.74) is 3.75. The average Bonchev–Trinajstić information content (AvgIpc) is 2.86. The molecule has 1 saturated carbocycles. The lowest BCUT2D eigenvalue weighted by Gasteiger charge is -2.42. The maximum absolute atomic E-state index is 12.3. The van der Waals surface area contributed by atoms with E-state index in [1.165, 1.54) is 19.1 Å². The molecule has 2 aromatic rings. The van der Waals surface area contributed by atoms with Crippen molar-refractivity contribution in [2.75, 3.05) is 26.6 Å². The van der Waals surface area contributed by atoms with E-state index in [4.69, 9.17) is 14.2 Å². The Morgan fingerprint density at radius 2 is 1.70 bits per heavy atom. The number of ether oxygens (including phenoxy) is 4. The first-order valence-corrected chi connectivity index (χ1v) is 11.4. The van der Waals surface area contributed by atoms with Crippen LogP contribution < -0.4 is 14.8 Å². The lowest BCUT2D eigenvalue weighted by atomic mass is 9.75. The largest absolute Gasteiger partial charge is 0.496 e. The van der Waals surface area contributed by atoms with Gasteiger partial charge in [0.15, 0.2) is 0 Å². The van der Waals surface area contributed by atoms with Crippen LogP contribution in [0.25, 0.3) is 0 Å². The Labute approximate surface area is 194 Å². The summed E-state index contributed by atoms with van der Waals surface area (Å²) in [5.74, 6) is 1.26. The van der Waals surface area contributed by atoms with Gasteiger partial charge in [0.2, 0.25) is 5.91 Å². The van der Waals surface area contributed by atoms with Crippen LogP contribution in [0.1, 0.15) is 67.2 Å². The summed E-state index contributed by atoms with van der Waals surface area (Å²) in [6, 6.07) is 11.6. The fourth-order valence-corrected chi connectivity index (χ4v) is 5.00. The zero-order valence-electron chi connectivity index (χ0n) is 19.4. The summed E-state index contributed by atoms with van der Waals surface area (Å²) >= 11 is 0. The Balaban J connectivity index is 1.67. The third-order valence-electron chi connectivity index (χ3n) is 6.55. The first-order chi connectivity index (χ1) is 16.0. The molecule has 0 saturated heterocycles. The van der Waals surface area contributed by atoms with E-state index in [-0.39, 0.29) is 36.9 Å². The second kappa shape index (κ2) is 10.3. The van der Waals surface area contributed by atoms with E-state index in [1.807, 2.05) is 36.4 Å². The summed E-state index contributed by atoms with van der Waals surface area (Å²) in [6.07, 6.45) is 4.26. The number of carbonyl (C=O) groups is 2. The van der Waals surface area contributed by atoms with Crippen LogP contribution in [0.15, 0.2) is 36.4 Å². The normalized spacial score (nSPS) is 21.4. The van der Waals surface area contributed by atoms with Gasteiger partial charge >= 0.3 is 5.97 Å². The second-order valence-corrected chi connectivity index (χ2v) is 8.49. The highest BCUT2D eigenvalue weighted by Gasteiger charge is 2.41. The van der Waals surface area contributed by atoms with Gasteiger partial charge in [0, 0.05) is 29.2 Å². The molecule has 2 aromatic carbocycles. The van der Waals surface area contributed by atoms with Gasteiger partial charge in [-0.25, -0.2) is 0 Å². The van der Waals surface area contributed by atoms with E-state index in [9.17, 15) is 9.59 Å². The van der Waals surface area contributed by atoms with Crippen LogP contribution in [0.2, 0.25) is 0 Å². The van der Waals surface area contributed by atoms with Crippen LogP contribution in [0, 0.1) is 0 Å². The van der Waals surface area contributed by atoms with Crippen LogP contribution in [0.4, 0.5) is 5.69 Å². The number of amides is 1. The van der Waals surface area contributed by atoms with Crippen molar-refractivity contribution in [3.63, 3.8) is 0 Å². The lowest BCUT2D eigenvalue weighted by Crippen LogP contribution is -2.34. The number of methoxy groups -OCH3 is 3. The minimum atomic E-state index is -0.408. The highest BCUT2D eigenvalue weighted by Crippen LogP contribution is 2.52. The van der Waals surface area contributed by atoms with E-state index in [1.54, 1.807) is 14.2 Å². The van der Waals surface area contributed by atoms with Crippen molar-refractivity contribution in [3.8, 4) is 11.5 Å². The molecule has 1 fully saturated rings. The maximum Gasteiger partial charge on any atom is 0.306 e. The van der Waals surface area contributed by atoms with E-state index >= 15 is 0 Å². The molecule has 4 rings (SSSR count). The maximum atomic E-state index is 12.3. The van der Waals surface area contributed by atoms with Gasteiger partial charge in [-0.3, -0.25) is 9.59 Å². The molecule has 0 unspecified atom stereocenters. The lowest BCUT2D eigenvalue weighted by molar-refractivity contribution is -0.141. The number of esters is 1. The van der Waals surface area contributed by atoms with Gasteiger partial charge in [0.25, 0.3) is 0 Å². The number of nitrogens with one attached hydrogen (secondary N) is 1. The molecule has 0 spiro atoms. The van der Waals surface area contributed by atoms with Crippen molar-refractivity contribution in [1.82, 2.24) is 0 Å². The molecule has 33 heavy (non-hydrogen) atoms. The Hall–Kier alpha value is -3.06. The molecular formula is C26H31NO6. The zero-order chi connectivity index (χ0) is 23.4. The molecule has 1 aliphatic carbocycles. The first-order valence-electron chi connectivity index (χ1n) is 11.4. The van der Waals surface area contributed by atoms with Gasteiger partial charge in [-0.15, -0.1) is 0 Å². The monoisotopic (exact) mass is 453 g/mol. The van der Waals surface area contributed by atoms with E-state index in [2.05, 4.69) is 10.1 Å². The predicted molar refractivity (Wildman–Crippen MR) is 124 cm³/mol. The van der Waals surface area contributed by atoms with E-state index in [0.29, 0.717) is 5.69 Å². The number of fused-ring (bicyclic) bond motifs is 3. The Morgan fingerprint density at radius 1 is 0.970 bits per heavy atom. The molecule has 0 radical (unpaired) electrons. The quantitative estimate of drug-likeness (QED) is 0.610. The number of hydrogen-bond acceptors (Lipinski definition) is 6. The van der Waals surface area contributed by atoms with Crippen LogP contribution in [0.5, 0.6) is 11.5 Å². The highest BCUT2D eigenvalue weighted by molar-refractivity contribution is 5.92. The molecule has 0 bridgehead atoms. The molecule has 7 heteroatoms. The van der Waals surface area contributed by atoms with Crippen molar-refractivity contribution in [3.05, 3.63) is 53.1 Å². The summed E-state index contributed by atoms with van der Waals surface area (Å²) < 4.78 is 22.8. The van der Waals surface area contributed by atoms with Crippen molar-refractivity contribution in [2.45, 2.75) is 56.7 Å².